The normalized spacial score (nSPS) is 32.7. The van der Waals surface area contributed by atoms with Gasteiger partial charge in [0.2, 0.25) is 0 Å². The van der Waals surface area contributed by atoms with Gasteiger partial charge in [-0.1, -0.05) is 6.92 Å². The van der Waals surface area contributed by atoms with Crippen LogP contribution in [0.5, 0.6) is 0 Å². The zero-order chi connectivity index (χ0) is 13.5. The molecule has 1 aliphatic heterocycles. The van der Waals surface area contributed by atoms with Crippen LogP contribution in [-0.4, -0.2) is 29.6 Å². The van der Waals surface area contributed by atoms with Crippen molar-refractivity contribution in [2.75, 3.05) is 13.1 Å². The van der Waals surface area contributed by atoms with Crippen LogP contribution in [0, 0.1) is 12.8 Å². The van der Waals surface area contributed by atoms with Crippen LogP contribution in [0.25, 0.3) is 0 Å². The Labute approximate surface area is 121 Å². The highest BCUT2D eigenvalue weighted by Gasteiger charge is 2.45. The van der Waals surface area contributed by atoms with Crippen molar-refractivity contribution in [3.05, 3.63) is 21.9 Å². The van der Waals surface area contributed by atoms with E-state index in [1.165, 1.54) is 35.6 Å². The molecule has 1 aromatic heterocycles. The maximum atomic E-state index is 3.84. The summed E-state index contributed by atoms with van der Waals surface area (Å²) in [4.78, 5) is 5.68. The van der Waals surface area contributed by atoms with Gasteiger partial charge in [0.25, 0.3) is 0 Å². The van der Waals surface area contributed by atoms with E-state index in [0.717, 1.165) is 19.0 Å². The van der Waals surface area contributed by atoms with E-state index in [2.05, 4.69) is 43.1 Å². The minimum Gasteiger partial charge on any atom is -0.308 e. The number of nitrogens with one attached hydrogen (secondary N) is 1. The Bertz CT molecular complexity index is 438. The highest BCUT2D eigenvalue weighted by molar-refractivity contribution is 7.11. The molecule has 2 aliphatic rings. The Kier molecular flexibility index (Phi) is 3.71. The third-order valence-corrected chi connectivity index (χ3v) is 5.88. The van der Waals surface area contributed by atoms with Gasteiger partial charge in [-0.15, -0.1) is 11.3 Å². The second-order valence-electron chi connectivity index (χ2n) is 6.55. The van der Waals surface area contributed by atoms with E-state index in [-0.39, 0.29) is 0 Å². The molecule has 2 atom stereocenters. The number of aryl methyl sites for hydroxylation is 1. The summed E-state index contributed by atoms with van der Waals surface area (Å²) in [6.45, 7) is 10.5. The summed E-state index contributed by atoms with van der Waals surface area (Å²) >= 11 is 1.96. The summed E-state index contributed by atoms with van der Waals surface area (Å²) < 4.78 is 0. The van der Waals surface area contributed by atoms with E-state index in [9.17, 15) is 0 Å². The molecule has 0 spiro atoms. The molecule has 3 heteroatoms. The summed E-state index contributed by atoms with van der Waals surface area (Å²) in [5, 5.41) is 3.84. The maximum absolute atomic E-state index is 3.84. The Morgan fingerprint density at radius 2 is 2.21 bits per heavy atom. The first kappa shape index (κ1) is 13.6. The lowest BCUT2D eigenvalue weighted by molar-refractivity contribution is 0.0674. The molecule has 0 bridgehead atoms. The largest absolute Gasteiger partial charge is 0.308 e. The summed E-state index contributed by atoms with van der Waals surface area (Å²) in [6, 6.07) is 5.26. The quantitative estimate of drug-likeness (QED) is 0.908. The zero-order valence-electron chi connectivity index (χ0n) is 12.4. The predicted molar refractivity (Wildman–Crippen MR) is 82.7 cm³/mol. The van der Waals surface area contributed by atoms with Crippen molar-refractivity contribution in [1.29, 1.82) is 0 Å². The molecule has 0 aromatic carbocycles. The molecule has 2 fully saturated rings. The summed E-state index contributed by atoms with van der Waals surface area (Å²) in [7, 11) is 0. The number of hydrogen-bond acceptors (Lipinski definition) is 3. The molecule has 2 heterocycles. The molecule has 0 radical (unpaired) electrons. The highest BCUT2D eigenvalue weighted by Crippen LogP contribution is 2.41. The lowest BCUT2D eigenvalue weighted by atomic mass is 9.90. The third-order valence-electron chi connectivity index (χ3n) is 4.89. The monoisotopic (exact) mass is 278 g/mol. The molecule has 1 aliphatic carbocycles. The van der Waals surface area contributed by atoms with E-state index in [1.807, 2.05) is 11.3 Å². The predicted octanol–water partition coefficient (Wildman–Crippen LogP) is 3.41. The van der Waals surface area contributed by atoms with E-state index in [1.54, 1.807) is 0 Å². The topological polar surface area (TPSA) is 15.3 Å². The fraction of sp³-hybridized carbons (Fsp3) is 0.750. The molecule has 2 unspecified atom stereocenters. The van der Waals surface area contributed by atoms with E-state index < -0.39 is 0 Å². The van der Waals surface area contributed by atoms with E-state index >= 15 is 0 Å². The van der Waals surface area contributed by atoms with Gasteiger partial charge in [-0.25, -0.2) is 0 Å². The number of hydrogen-bond donors (Lipinski definition) is 1. The van der Waals surface area contributed by atoms with Crippen LogP contribution >= 0.6 is 11.3 Å². The Balaban J connectivity index is 1.71. The third kappa shape index (κ3) is 2.88. The molecule has 2 nitrogen and oxygen atoms in total. The SMILES string of the molecule is CCC1CNC(C)(C2CC2)CN1Cc1ccc(C)s1. The Hall–Kier alpha value is -0.380. The first-order chi connectivity index (χ1) is 9.10. The van der Waals surface area contributed by atoms with E-state index in [0.29, 0.717) is 11.6 Å². The molecular weight excluding hydrogens is 252 g/mol. The average Bonchev–Trinajstić information content (AvgIpc) is 3.16. The maximum Gasteiger partial charge on any atom is 0.0332 e. The van der Waals surface area contributed by atoms with Gasteiger partial charge in [-0.2, -0.15) is 0 Å². The van der Waals surface area contributed by atoms with Crippen LogP contribution in [0.4, 0.5) is 0 Å². The van der Waals surface area contributed by atoms with Crippen molar-refractivity contribution >= 4 is 11.3 Å². The summed E-state index contributed by atoms with van der Waals surface area (Å²) in [6.07, 6.45) is 4.09. The van der Waals surface area contributed by atoms with Crippen molar-refractivity contribution in [3.63, 3.8) is 0 Å². The van der Waals surface area contributed by atoms with Crippen LogP contribution in [0.1, 0.15) is 42.9 Å². The van der Waals surface area contributed by atoms with Crippen molar-refractivity contribution in [3.8, 4) is 0 Å². The minimum atomic E-state index is 0.359. The summed E-state index contributed by atoms with van der Waals surface area (Å²) in [5.41, 5.74) is 0.359. The van der Waals surface area contributed by atoms with Crippen LogP contribution in [0.15, 0.2) is 12.1 Å². The van der Waals surface area contributed by atoms with Gasteiger partial charge in [-0.3, -0.25) is 4.90 Å². The Morgan fingerprint density at radius 1 is 1.42 bits per heavy atom. The molecule has 1 N–H and O–H groups in total. The highest BCUT2D eigenvalue weighted by atomic mass is 32.1. The molecule has 1 saturated heterocycles. The smallest absolute Gasteiger partial charge is 0.0332 e. The van der Waals surface area contributed by atoms with Gasteiger partial charge < -0.3 is 5.32 Å². The number of rotatable bonds is 4. The van der Waals surface area contributed by atoms with Crippen molar-refractivity contribution in [1.82, 2.24) is 10.2 Å². The van der Waals surface area contributed by atoms with Gasteiger partial charge in [0, 0.05) is 41.0 Å². The zero-order valence-corrected chi connectivity index (χ0v) is 13.2. The fourth-order valence-corrected chi connectivity index (χ4v) is 4.35. The molecule has 1 saturated carbocycles. The number of piperazine rings is 1. The summed E-state index contributed by atoms with van der Waals surface area (Å²) in [5.74, 6) is 0.915. The van der Waals surface area contributed by atoms with Crippen LogP contribution in [-0.2, 0) is 6.54 Å². The number of thiophene rings is 1. The minimum absolute atomic E-state index is 0.359. The van der Waals surface area contributed by atoms with Gasteiger partial charge in [0.05, 0.1) is 0 Å². The Morgan fingerprint density at radius 3 is 2.79 bits per heavy atom. The lowest BCUT2D eigenvalue weighted by Gasteiger charge is -2.46. The molecular formula is C16H26N2S. The molecule has 1 aromatic rings. The van der Waals surface area contributed by atoms with Gasteiger partial charge in [0.1, 0.15) is 0 Å². The second kappa shape index (κ2) is 5.19. The second-order valence-corrected chi connectivity index (χ2v) is 7.92. The fourth-order valence-electron chi connectivity index (χ4n) is 3.44. The van der Waals surface area contributed by atoms with Gasteiger partial charge >= 0.3 is 0 Å². The molecule has 106 valence electrons. The average molecular weight is 278 g/mol. The lowest BCUT2D eigenvalue weighted by Crippen LogP contribution is -2.63. The van der Waals surface area contributed by atoms with Crippen molar-refractivity contribution in [2.45, 2.75) is 58.2 Å². The number of nitrogens with zero attached hydrogens (tertiary/aromatic N) is 1. The molecule has 19 heavy (non-hydrogen) atoms. The van der Waals surface area contributed by atoms with Crippen LogP contribution in [0.3, 0.4) is 0 Å². The van der Waals surface area contributed by atoms with Gasteiger partial charge in [-0.05, 0) is 51.2 Å². The standard InChI is InChI=1S/C16H26N2S/c1-4-14-9-17-16(3,13-6-7-13)11-18(14)10-15-8-5-12(2)19-15/h5,8,13-14,17H,4,6-7,9-11H2,1-3H3. The first-order valence-electron chi connectivity index (χ1n) is 7.65. The molecule has 0 amide bonds. The van der Waals surface area contributed by atoms with Crippen LogP contribution in [0.2, 0.25) is 0 Å². The van der Waals surface area contributed by atoms with Gasteiger partial charge in [0.15, 0.2) is 0 Å². The van der Waals surface area contributed by atoms with Crippen LogP contribution < -0.4 is 5.32 Å². The van der Waals surface area contributed by atoms with Crippen molar-refractivity contribution in [2.24, 2.45) is 5.92 Å². The van der Waals surface area contributed by atoms with E-state index in [4.69, 9.17) is 0 Å². The van der Waals surface area contributed by atoms with Crippen molar-refractivity contribution < 1.29 is 0 Å². The molecule has 3 rings (SSSR count). The first-order valence-corrected chi connectivity index (χ1v) is 8.47.